The summed E-state index contributed by atoms with van der Waals surface area (Å²) in [6.07, 6.45) is 6.88. The molecule has 12 heavy (non-hydrogen) atoms. The summed E-state index contributed by atoms with van der Waals surface area (Å²) in [6.45, 7) is 6.56. The Kier molecular flexibility index (Phi) is 4.85. The molecular weight excluding hydrogens is 150 g/mol. The zero-order chi connectivity index (χ0) is 8.65. The molecule has 0 unspecified atom stereocenters. The van der Waals surface area contributed by atoms with Crippen LogP contribution >= 0.6 is 0 Å². The van der Waals surface area contributed by atoms with E-state index >= 15 is 0 Å². The van der Waals surface area contributed by atoms with Gasteiger partial charge >= 0.3 is 0 Å². The van der Waals surface area contributed by atoms with Crippen LogP contribution in [-0.2, 0) is 4.74 Å². The first kappa shape index (κ1) is 9.59. The fourth-order valence-electron chi connectivity index (χ4n) is 1.37. The highest BCUT2D eigenvalue weighted by Gasteiger charge is 2.15. The zero-order valence-electron chi connectivity index (χ0n) is 7.72. The Balaban J connectivity index is 1.73. The molecule has 1 aliphatic carbocycles. The predicted molar refractivity (Wildman–Crippen MR) is 51.0 cm³/mol. The average Bonchev–Trinajstić information content (AvgIpc) is 2.00. The molecule has 1 N–H and O–H groups in total. The lowest BCUT2D eigenvalue weighted by atomic mass is 9.85. The highest BCUT2D eigenvalue weighted by atomic mass is 16.5. The largest absolute Gasteiger partial charge is 0.502 e. The SMILES string of the molecule is C=COCCCNCC1CCC1. The van der Waals surface area contributed by atoms with Crippen molar-refractivity contribution in [3.63, 3.8) is 0 Å². The van der Waals surface area contributed by atoms with Crippen LogP contribution in [0.3, 0.4) is 0 Å². The number of hydrogen-bond donors (Lipinski definition) is 1. The highest BCUT2D eigenvalue weighted by molar-refractivity contribution is 4.71. The van der Waals surface area contributed by atoms with E-state index < -0.39 is 0 Å². The Morgan fingerprint density at radius 1 is 1.50 bits per heavy atom. The lowest BCUT2D eigenvalue weighted by Crippen LogP contribution is -2.28. The molecule has 70 valence electrons. The molecule has 0 aromatic carbocycles. The maximum atomic E-state index is 5.00. The molecule has 0 saturated heterocycles. The summed E-state index contributed by atoms with van der Waals surface area (Å²) in [6, 6.07) is 0. The maximum Gasteiger partial charge on any atom is 0.0885 e. The van der Waals surface area contributed by atoms with Gasteiger partial charge in [-0.3, -0.25) is 0 Å². The molecule has 1 aliphatic rings. The Hall–Kier alpha value is -0.500. The van der Waals surface area contributed by atoms with Gasteiger partial charge < -0.3 is 10.1 Å². The second-order valence-electron chi connectivity index (χ2n) is 3.39. The third-order valence-electron chi connectivity index (χ3n) is 2.39. The summed E-state index contributed by atoms with van der Waals surface area (Å²) >= 11 is 0. The number of rotatable bonds is 7. The van der Waals surface area contributed by atoms with Crippen LogP contribution in [0.5, 0.6) is 0 Å². The molecule has 0 aliphatic heterocycles. The molecule has 1 rings (SSSR count). The van der Waals surface area contributed by atoms with Gasteiger partial charge in [0.1, 0.15) is 0 Å². The second kappa shape index (κ2) is 6.06. The summed E-state index contributed by atoms with van der Waals surface area (Å²) in [5.41, 5.74) is 0. The second-order valence-corrected chi connectivity index (χ2v) is 3.39. The molecule has 0 spiro atoms. The van der Waals surface area contributed by atoms with Crippen molar-refractivity contribution in [3.8, 4) is 0 Å². The summed E-state index contributed by atoms with van der Waals surface area (Å²) < 4.78 is 5.00. The van der Waals surface area contributed by atoms with Gasteiger partial charge in [-0.25, -0.2) is 0 Å². The standard InChI is InChI=1S/C10H19NO/c1-2-12-8-4-7-11-9-10-5-3-6-10/h2,10-11H,1,3-9H2. The number of nitrogens with one attached hydrogen (secondary N) is 1. The molecule has 2 heteroatoms. The van der Waals surface area contributed by atoms with Crippen LogP contribution in [0, 0.1) is 5.92 Å². The van der Waals surface area contributed by atoms with Crippen LogP contribution in [0.4, 0.5) is 0 Å². The van der Waals surface area contributed by atoms with Crippen LogP contribution in [0.15, 0.2) is 12.8 Å². The zero-order valence-corrected chi connectivity index (χ0v) is 7.72. The Labute approximate surface area is 75.0 Å². The topological polar surface area (TPSA) is 21.3 Å². The molecular formula is C10H19NO. The van der Waals surface area contributed by atoms with Gasteiger partial charge in [0.05, 0.1) is 12.9 Å². The molecule has 1 fully saturated rings. The normalized spacial score (nSPS) is 17.0. The molecule has 0 amide bonds. The van der Waals surface area contributed by atoms with E-state index in [0.29, 0.717) is 0 Å². The molecule has 0 aromatic rings. The quantitative estimate of drug-likeness (QED) is 0.464. The smallest absolute Gasteiger partial charge is 0.0885 e. The third-order valence-corrected chi connectivity index (χ3v) is 2.39. The van der Waals surface area contributed by atoms with Crippen molar-refractivity contribution >= 4 is 0 Å². The van der Waals surface area contributed by atoms with Crippen LogP contribution in [-0.4, -0.2) is 19.7 Å². The van der Waals surface area contributed by atoms with Crippen molar-refractivity contribution in [3.05, 3.63) is 12.8 Å². The lowest BCUT2D eigenvalue weighted by molar-refractivity contribution is 0.240. The summed E-state index contributed by atoms with van der Waals surface area (Å²) in [7, 11) is 0. The van der Waals surface area contributed by atoms with Gasteiger partial charge in [0, 0.05) is 0 Å². The minimum atomic E-state index is 0.793. The minimum Gasteiger partial charge on any atom is -0.502 e. The van der Waals surface area contributed by atoms with E-state index in [1.165, 1.54) is 32.1 Å². The van der Waals surface area contributed by atoms with E-state index in [9.17, 15) is 0 Å². The number of hydrogen-bond acceptors (Lipinski definition) is 2. The lowest BCUT2D eigenvalue weighted by Gasteiger charge is -2.25. The monoisotopic (exact) mass is 169 g/mol. The van der Waals surface area contributed by atoms with Gasteiger partial charge in [-0.15, -0.1) is 0 Å². The van der Waals surface area contributed by atoms with Crippen molar-refractivity contribution in [2.45, 2.75) is 25.7 Å². The van der Waals surface area contributed by atoms with Crippen LogP contribution in [0.1, 0.15) is 25.7 Å². The van der Waals surface area contributed by atoms with E-state index in [1.54, 1.807) is 0 Å². The van der Waals surface area contributed by atoms with Crippen molar-refractivity contribution in [1.29, 1.82) is 0 Å². The van der Waals surface area contributed by atoms with Crippen molar-refractivity contribution in [1.82, 2.24) is 5.32 Å². The van der Waals surface area contributed by atoms with Crippen molar-refractivity contribution < 1.29 is 4.74 Å². The average molecular weight is 169 g/mol. The van der Waals surface area contributed by atoms with Gasteiger partial charge in [0.15, 0.2) is 0 Å². The first-order chi connectivity index (χ1) is 5.93. The Morgan fingerprint density at radius 3 is 2.92 bits per heavy atom. The molecule has 0 aromatic heterocycles. The molecule has 1 saturated carbocycles. The van der Waals surface area contributed by atoms with Crippen molar-refractivity contribution in [2.75, 3.05) is 19.7 Å². The van der Waals surface area contributed by atoms with Crippen LogP contribution in [0.2, 0.25) is 0 Å². The maximum absolute atomic E-state index is 5.00. The summed E-state index contributed by atoms with van der Waals surface area (Å²) in [5, 5.41) is 3.43. The third kappa shape index (κ3) is 3.77. The van der Waals surface area contributed by atoms with E-state index in [1.807, 2.05) is 0 Å². The molecule has 0 atom stereocenters. The van der Waals surface area contributed by atoms with E-state index in [0.717, 1.165) is 25.5 Å². The fourth-order valence-corrected chi connectivity index (χ4v) is 1.37. The molecule has 0 bridgehead atoms. The van der Waals surface area contributed by atoms with Gasteiger partial charge in [-0.1, -0.05) is 13.0 Å². The van der Waals surface area contributed by atoms with Gasteiger partial charge in [-0.2, -0.15) is 0 Å². The fraction of sp³-hybridized carbons (Fsp3) is 0.800. The van der Waals surface area contributed by atoms with Gasteiger partial charge in [-0.05, 0) is 38.3 Å². The molecule has 0 heterocycles. The number of ether oxygens (including phenoxy) is 1. The van der Waals surface area contributed by atoms with Crippen LogP contribution in [0.25, 0.3) is 0 Å². The van der Waals surface area contributed by atoms with Gasteiger partial charge in [0.25, 0.3) is 0 Å². The Bertz CT molecular complexity index is 121. The van der Waals surface area contributed by atoms with Crippen LogP contribution < -0.4 is 5.32 Å². The summed E-state index contributed by atoms with van der Waals surface area (Å²) in [5.74, 6) is 0.963. The first-order valence-corrected chi connectivity index (χ1v) is 4.86. The molecule has 0 radical (unpaired) electrons. The highest BCUT2D eigenvalue weighted by Crippen LogP contribution is 2.24. The van der Waals surface area contributed by atoms with E-state index in [4.69, 9.17) is 4.74 Å². The summed E-state index contributed by atoms with van der Waals surface area (Å²) in [4.78, 5) is 0. The van der Waals surface area contributed by atoms with Crippen molar-refractivity contribution in [2.24, 2.45) is 5.92 Å². The molecule has 2 nitrogen and oxygen atoms in total. The first-order valence-electron chi connectivity index (χ1n) is 4.86. The minimum absolute atomic E-state index is 0.793. The van der Waals surface area contributed by atoms with E-state index in [2.05, 4.69) is 11.9 Å². The van der Waals surface area contributed by atoms with E-state index in [-0.39, 0.29) is 0 Å². The Morgan fingerprint density at radius 2 is 2.33 bits per heavy atom. The van der Waals surface area contributed by atoms with Gasteiger partial charge in [0.2, 0.25) is 0 Å². The predicted octanol–water partition coefficient (Wildman–Crippen LogP) is 1.93.